The Balaban J connectivity index is 1.21. The molecule has 1 saturated heterocycles. The van der Waals surface area contributed by atoms with E-state index in [1.165, 1.54) is 69.6 Å². The number of carbonyl (C=O) groups is 3. The van der Waals surface area contributed by atoms with Gasteiger partial charge in [0.1, 0.15) is 6.04 Å². The summed E-state index contributed by atoms with van der Waals surface area (Å²) in [5.41, 5.74) is 2.48. The van der Waals surface area contributed by atoms with E-state index in [1.807, 2.05) is 42.7 Å². The zero-order valence-corrected chi connectivity index (χ0v) is 31.5. The lowest BCUT2D eigenvalue weighted by molar-refractivity contribution is -0.145. The van der Waals surface area contributed by atoms with Crippen molar-refractivity contribution in [2.24, 2.45) is 17.8 Å². The molecule has 0 unspecified atom stereocenters. The van der Waals surface area contributed by atoms with Crippen molar-refractivity contribution in [3.05, 3.63) is 64.1 Å². The number of aromatic nitrogens is 2. The number of nitrogens with zero attached hydrogens (tertiary/aromatic N) is 3. The topological polar surface area (TPSA) is 145 Å². The van der Waals surface area contributed by atoms with Crippen molar-refractivity contribution >= 4 is 34.8 Å². The molecule has 4 N–H and O–H groups in total. The Kier molecular flexibility index (Phi) is 12.9. The van der Waals surface area contributed by atoms with E-state index in [1.54, 1.807) is 6.07 Å². The number of nitrogens with one attached hydrogen (secondary N) is 2. The van der Waals surface area contributed by atoms with Gasteiger partial charge in [0.25, 0.3) is 5.91 Å². The van der Waals surface area contributed by atoms with Gasteiger partial charge in [0, 0.05) is 30.0 Å². The van der Waals surface area contributed by atoms with Gasteiger partial charge in [0.15, 0.2) is 11.9 Å². The van der Waals surface area contributed by atoms with Gasteiger partial charge in [-0.2, -0.15) is 0 Å². The van der Waals surface area contributed by atoms with Crippen LogP contribution in [0.3, 0.4) is 0 Å². The molecule has 1 aromatic carbocycles. The number of carbonyl (C=O) groups excluding carboxylic acids is 2. The Bertz CT molecular complexity index is 1600. The van der Waals surface area contributed by atoms with Crippen molar-refractivity contribution in [3.8, 4) is 11.4 Å². The highest BCUT2D eigenvalue weighted by Crippen LogP contribution is 2.39. The predicted octanol–water partition coefficient (Wildman–Crippen LogP) is 6.62. The molecule has 0 bridgehead atoms. The van der Waals surface area contributed by atoms with E-state index in [2.05, 4.69) is 53.2 Å². The summed E-state index contributed by atoms with van der Waals surface area (Å²) < 4.78 is 0. The second-order valence-electron chi connectivity index (χ2n) is 15.6. The van der Waals surface area contributed by atoms with Gasteiger partial charge < -0.3 is 25.7 Å². The van der Waals surface area contributed by atoms with E-state index in [0.717, 1.165) is 52.5 Å². The first kappa shape index (κ1) is 38.4. The normalized spacial score (nSPS) is 20.3. The second-order valence-corrected chi connectivity index (χ2v) is 16.6. The maximum atomic E-state index is 13.4. The lowest BCUT2D eigenvalue weighted by Gasteiger charge is -2.39. The second kappa shape index (κ2) is 17.1. The molecule has 276 valence electrons. The Morgan fingerprint density at radius 2 is 1.55 bits per heavy atom. The number of aliphatic hydroxyl groups excluding tert-OH is 1. The summed E-state index contributed by atoms with van der Waals surface area (Å²) in [6.45, 7) is 11.9. The number of benzene rings is 1. The molecule has 3 aromatic rings. The van der Waals surface area contributed by atoms with Crippen molar-refractivity contribution < 1.29 is 24.6 Å². The van der Waals surface area contributed by atoms with Crippen LogP contribution in [-0.2, 0) is 21.4 Å². The lowest BCUT2D eigenvalue weighted by Crippen LogP contribution is -2.55. The predicted molar refractivity (Wildman–Crippen MR) is 202 cm³/mol. The molecular weight excluding hydrogens is 663 g/mol. The van der Waals surface area contributed by atoms with Gasteiger partial charge in [-0.15, -0.1) is 11.3 Å². The third kappa shape index (κ3) is 10.2. The number of aliphatic hydroxyl groups is 1. The quantitative estimate of drug-likeness (QED) is 0.155. The van der Waals surface area contributed by atoms with Crippen LogP contribution in [0.2, 0.25) is 0 Å². The third-order valence-electron chi connectivity index (χ3n) is 10.7. The zero-order valence-electron chi connectivity index (χ0n) is 30.7. The molecule has 0 radical (unpaired) electrons. The van der Waals surface area contributed by atoms with Gasteiger partial charge in [-0.1, -0.05) is 77.6 Å². The zero-order chi connectivity index (χ0) is 36.7. The number of carboxylic acid groups (broad SMARTS) is 1. The number of rotatable bonds is 13. The summed E-state index contributed by atoms with van der Waals surface area (Å²) in [5, 5.41) is 24.7. The number of thiophene rings is 1. The number of carboxylic acids is 1. The molecule has 3 heterocycles. The van der Waals surface area contributed by atoms with Crippen molar-refractivity contribution in [1.29, 1.82) is 0 Å². The number of piperidine rings is 1. The molecule has 0 spiro atoms. The van der Waals surface area contributed by atoms with Crippen LogP contribution < -0.4 is 15.5 Å². The fourth-order valence-corrected chi connectivity index (χ4v) is 8.56. The molecule has 1 saturated carbocycles. The summed E-state index contributed by atoms with van der Waals surface area (Å²) in [6.07, 6.45) is 13.4. The van der Waals surface area contributed by atoms with Gasteiger partial charge in [0.2, 0.25) is 5.91 Å². The van der Waals surface area contributed by atoms with E-state index >= 15 is 0 Å². The monoisotopic (exact) mass is 717 g/mol. The first-order valence-corrected chi connectivity index (χ1v) is 19.4. The van der Waals surface area contributed by atoms with Gasteiger partial charge in [-0.05, 0) is 73.5 Å². The minimum atomic E-state index is -1.52. The molecule has 2 aromatic heterocycles. The van der Waals surface area contributed by atoms with Crippen molar-refractivity contribution in [2.45, 2.75) is 116 Å². The van der Waals surface area contributed by atoms with E-state index in [4.69, 9.17) is 0 Å². The molecule has 3 atom stereocenters. The molecule has 1 aliphatic carbocycles. The molecule has 2 amide bonds. The highest BCUT2D eigenvalue weighted by molar-refractivity contribution is 7.14. The minimum absolute atomic E-state index is 0.109. The highest BCUT2D eigenvalue weighted by atomic mass is 32.1. The number of amides is 2. The maximum absolute atomic E-state index is 13.4. The molecule has 10 nitrogen and oxygen atoms in total. The molecule has 5 rings (SSSR count). The molecule has 51 heavy (non-hydrogen) atoms. The molecule has 11 heteroatoms. The standard InChI is InChI=1S/C40H55N5O5S/c1-6-7-26-8-12-28(13-9-26)29-18-20-45(21-19-29)31-23-41-36(42-24-31)30-14-10-27(11-15-30)22-32(37(47)44-35(25(2)46)39(49)50)43-38(48)33-16-17-34(51-33)40(3,4)5/h10-11,14-17,23-26,28-29,32,35,46H,6-9,12-13,18-22H2,1-5H3,(H,43,48)(H,44,47)(H,49,50)/t25-,26?,28?,32+,35+/m1/s1. The number of aliphatic carboxylic acids is 1. The molecule has 2 fully saturated rings. The SMILES string of the molecule is CCCC1CCC(C2CCN(c3cnc(-c4ccc(C[C@H](NC(=O)c5ccc(C(C)(C)C)s5)C(=O)N[C@H](C(=O)O)[C@@H](C)O)cc4)nc3)CC2)CC1. The maximum Gasteiger partial charge on any atom is 0.328 e. The number of anilines is 1. The first-order valence-electron chi connectivity index (χ1n) is 18.6. The summed E-state index contributed by atoms with van der Waals surface area (Å²) in [4.78, 5) is 51.6. The fourth-order valence-electron chi connectivity index (χ4n) is 7.59. The van der Waals surface area contributed by atoms with Gasteiger partial charge in [-0.3, -0.25) is 9.59 Å². The fraction of sp³-hybridized carbons (Fsp3) is 0.575. The summed E-state index contributed by atoms with van der Waals surface area (Å²) >= 11 is 1.35. The lowest BCUT2D eigenvalue weighted by atomic mass is 9.72. The van der Waals surface area contributed by atoms with Crippen LogP contribution in [0, 0.1) is 17.8 Å². The third-order valence-corrected chi connectivity index (χ3v) is 12.2. The first-order chi connectivity index (χ1) is 24.3. The van der Waals surface area contributed by atoms with Crippen LogP contribution in [0.4, 0.5) is 5.69 Å². The van der Waals surface area contributed by atoms with Crippen LogP contribution in [0.1, 0.15) is 106 Å². The smallest absolute Gasteiger partial charge is 0.328 e. The Labute approximate surface area is 306 Å². The van der Waals surface area contributed by atoms with Crippen molar-refractivity contribution in [2.75, 3.05) is 18.0 Å². The largest absolute Gasteiger partial charge is 0.480 e. The summed E-state index contributed by atoms with van der Waals surface area (Å²) in [6, 6.07) is 8.50. The van der Waals surface area contributed by atoms with E-state index < -0.39 is 36.0 Å². The van der Waals surface area contributed by atoms with E-state index in [0.29, 0.717) is 10.7 Å². The molecular formula is C40H55N5O5S. The van der Waals surface area contributed by atoms with Crippen LogP contribution in [0.25, 0.3) is 11.4 Å². The van der Waals surface area contributed by atoms with Gasteiger partial charge in [0.05, 0.1) is 29.1 Å². The number of hydrogen-bond acceptors (Lipinski definition) is 8. The summed E-state index contributed by atoms with van der Waals surface area (Å²) in [7, 11) is 0. The average Bonchev–Trinajstić information content (AvgIpc) is 3.63. The highest BCUT2D eigenvalue weighted by Gasteiger charge is 2.32. The van der Waals surface area contributed by atoms with Crippen LogP contribution >= 0.6 is 11.3 Å². The van der Waals surface area contributed by atoms with Crippen molar-refractivity contribution in [1.82, 2.24) is 20.6 Å². The number of hydrogen-bond donors (Lipinski definition) is 4. The van der Waals surface area contributed by atoms with Crippen molar-refractivity contribution in [3.63, 3.8) is 0 Å². The Morgan fingerprint density at radius 1 is 0.922 bits per heavy atom. The van der Waals surface area contributed by atoms with E-state index in [-0.39, 0.29) is 11.8 Å². The van der Waals surface area contributed by atoms with Crippen LogP contribution in [-0.4, -0.2) is 69.2 Å². The minimum Gasteiger partial charge on any atom is -0.480 e. The average molecular weight is 718 g/mol. The van der Waals surface area contributed by atoms with Crippen LogP contribution in [0.5, 0.6) is 0 Å². The van der Waals surface area contributed by atoms with Gasteiger partial charge in [-0.25, -0.2) is 14.8 Å². The molecule has 2 aliphatic rings. The van der Waals surface area contributed by atoms with Gasteiger partial charge >= 0.3 is 5.97 Å². The van der Waals surface area contributed by atoms with Crippen LogP contribution in [0.15, 0.2) is 48.8 Å². The Morgan fingerprint density at radius 3 is 2.10 bits per heavy atom. The summed E-state index contributed by atoms with van der Waals surface area (Å²) in [5.74, 6) is 0.769. The van der Waals surface area contributed by atoms with E-state index in [9.17, 15) is 24.6 Å². The molecule has 1 aliphatic heterocycles. The Hall–Kier alpha value is -3.83.